The highest BCUT2D eigenvalue weighted by Crippen LogP contribution is 2.26. The van der Waals surface area contributed by atoms with E-state index in [1.165, 1.54) is 31.4 Å². The number of aromatic hydroxyl groups is 1. The number of alkyl carbamates (subject to hydrolysis) is 1. The molecule has 2 aromatic rings. The van der Waals surface area contributed by atoms with E-state index in [4.69, 9.17) is 15.9 Å². The minimum Gasteiger partial charge on any atom is -0.508 e. The van der Waals surface area contributed by atoms with Crippen molar-refractivity contribution in [2.75, 3.05) is 19.0 Å². The summed E-state index contributed by atoms with van der Waals surface area (Å²) in [6, 6.07) is 11.4. The number of aliphatic hydroxyl groups excluding tert-OH is 1. The Morgan fingerprint density at radius 1 is 1.09 bits per heavy atom. The second-order valence-electron chi connectivity index (χ2n) is 8.43. The molecule has 2 unspecified atom stereocenters. The molecule has 0 saturated heterocycles. The van der Waals surface area contributed by atoms with Crippen LogP contribution in [0.2, 0.25) is 0 Å². The number of amides is 3. The SMILES string of the molecule is C#CN(C(=O)C(CO)NC(=O)OC(C)(C)C)C(C(=O)Nc1ccc(OC)cc1)c1ccc(O)cc1. The Hall–Kier alpha value is -4.23. The summed E-state index contributed by atoms with van der Waals surface area (Å²) in [6.45, 7) is 4.13. The standard InChI is InChI=1S/C25H29N3O7/c1-6-28(23(32)20(15-29)27-24(33)35-25(2,3)4)21(16-7-11-18(30)12-8-16)22(31)26-17-9-13-19(34-5)14-10-17/h1,7-14,20-21,29-30H,15H2,2-5H3,(H,26,31)(H,27,33). The number of phenols is 1. The monoisotopic (exact) mass is 483 g/mol. The fraction of sp³-hybridized carbons (Fsp3) is 0.320. The van der Waals surface area contributed by atoms with Crippen LogP contribution in [0, 0.1) is 12.5 Å². The number of nitrogens with one attached hydrogen (secondary N) is 2. The van der Waals surface area contributed by atoms with Crippen molar-refractivity contribution in [2.24, 2.45) is 0 Å². The van der Waals surface area contributed by atoms with E-state index in [2.05, 4.69) is 16.7 Å². The van der Waals surface area contributed by atoms with Crippen molar-refractivity contribution in [1.29, 1.82) is 0 Å². The van der Waals surface area contributed by atoms with Crippen LogP contribution < -0.4 is 15.4 Å². The molecule has 186 valence electrons. The number of hydrogen-bond acceptors (Lipinski definition) is 7. The van der Waals surface area contributed by atoms with Gasteiger partial charge in [-0.3, -0.25) is 14.5 Å². The predicted octanol–water partition coefficient (Wildman–Crippen LogP) is 2.39. The molecule has 10 heteroatoms. The van der Waals surface area contributed by atoms with Crippen LogP contribution in [0.3, 0.4) is 0 Å². The normalized spacial score (nSPS) is 12.5. The van der Waals surface area contributed by atoms with Crippen molar-refractivity contribution in [1.82, 2.24) is 10.2 Å². The first-order valence-electron chi connectivity index (χ1n) is 10.6. The lowest BCUT2D eigenvalue weighted by atomic mass is 10.0. The summed E-state index contributed by atoms with van der Waals surface area (Å²) < 4.78 is 10.2. The molecule has 0 aliphatic heterocycles. The third-order valence-electron chi connectivity index (χ3n) is 4.62. The van der Waals surface area contributed by atoms with Crippen LogP contribution in [-0.2, 0) is 14.3 Å². The zero-order valence-corrected chi connectivity index (χ0v) is 19.9. The summed E-state index contributed by atoms with van der Waals surface area (Å²) in [4.78, 5) is 39.5. The van der Waals surface area contributed by atoms with Crippen LogP contribution in [0.4, 0.5) is 10.5 Å². The van der Waals surface area contributed by atoms with Gasteiger partial charge < -0.3 is 30.3 Å². The number of phenolic OH excluding ortho intramolecular Hbond substituents is 1. The molecule has 2 aromatic carbocycles. The lowest BCUT2D eigenvalue weighted by Crippen LogP contribution is -2.52. The Labute approximate surface area is 203 Å². The lowest BCUT2D eigenvalue weighted by molar-refractivity contribution is -0.137. The third-order valence-corrected chi connectivity index (χ3v) is 4.62. The molecule has 0 saturated carbocycles. The molecule has 0 fully saturated rings. The molecule has 0 aliphatic rings. The van der Waals surface area contributed by atoms with E-state index in [1.807, 2.05) is 0 Å². The number of aliphatic hydroxyl groups is 1. The number of methoxy groups -OCH3 is 1. The Bertz CT molecular complexity index is 1070. The molecule has 0 bridgehead atoms. The third kappa shape index (κ3) is 7.65. The molecule has 2 atom stereocenters. The van der Waals surface area contributed by atoms with Crippen molar-refractivity contribution >= 4 is 23.6 Å². The number of anilines is 1. The van der Waals surface area contributed by atoms with Gasteiger partial charge in [0.2, 0.25) is 0 Å². The maximum Gasteiger partial charge on any atom is 0.408 e. The molecule has 10 nitrogen and oxygen atoms in total. The summed E-state index contributed by atoms with van der Waals surface area (Å²) in [7, 11) is 1.51. The van der Waals surface area contributed by atoms with Gasteiger partial charge in [-0.1, -0.05) is 18.6 Å². The van der Waals surface area contributed by atoms with Crippen molar-refractivity contribution in [3.05, 3.63) is 54.1 Å². The Morgan fingerprint density at radius 3 is 2.17 bits per heavy atom. The lowest BCUT2D eigenvalue weighted by Gasteiger charge is -2.29. The molecular formula is C25H29N3O7. The highest BCUT2D eigenvalue weighted by atomic mass is 16.6. The number of benzene rings is 2. The largest absolute Gasteiger partial charge is 0.508 e. The average molecular weight is 484 g/mol. The zero-order chi connectivity index (χ0) is 26.2. The Kier molecular flexibility index (Phi) is 9.08. The number of ether oxygens (including phenoxy) is 2. The second kappa shape index (κ2) is 11.8. The van der Waals surface area contributed by atoms with Crippen LogP contribution in [-0.4, -0.2) is 58.4 Å². The first-order chi connectivity index (χ1) is 16.5. The van der Waals surface area contributed by atoms with Gasteiger partial charge in [0.1, 0.15) is 29.2 Å². The van der Waals surface area contributed by atoms with Crippen molar-refractivity contribution in [2.45, 2.75) is 38.5 Å². The topological polar surface area (TPSA) is 137 Å². The predicted molar refractivity (Wildman–Crippen MR) is 128 cm³/mol. The van der Waals surface area contributed by atoms with Crippen LogP contribution in [0.5, 0.6) is 11.5 Å². The number of carbonyl (C=O) groups excluding carboxylic acids is 3. The Morgan fingerprint density at radius 2 is 1.69 bits per heavy atom. The van der Waals surface area contributed by atoms with Gasteiger partial charge in [0.05, 0.1) is 13.7 Å². The van der Waals surface area contributed by atoms with E-state index in [-0.39, 0.29) is 11.3 Å². The molecule has 2 rings (SSSR count). The maximum absolute atomic E-state index is 13.3. The summed E-state index contributed by atoms with van der Waals surface area (Å²) >= 11 is 0. The van der Waals surface area contributed by atoms with Crippen molar-refractivity contribution in [3.8, 4) is 24.0 Å². The molecule has 0 heterocycles. The molecule has 0 radical (unpaired) electrons. The summed E-state index contributed by atoms with van der Waals surface area (Å²) in [5.41, 5.74) is -0.144. The van der Waals surface area contributed by atoms with Gasteiger partial charge in [0.15, 0.2) is 0 Å². The van der Waals surface area contributed by atoms with E-state index in [0.717, 1.165) is 4.90 Å². The van der Waals surface area contributed by atoms with Crippen LogP contribution in [0.1, 0.15) is 32.4 Å². The van der Waals surface area contributed by atoms with E-state index in [9.17, 15) is 24.6 Å². The molecule has 35 heavy (non-hydrogen) atoms. The molecule has 0 aliphatic carbocycles. The average Bonchev–Trinajstić information content (AvgIpc) is 2.80. The number of carbonyl (C=O) groups is 3. The molecule has 3 amide bonds. The zero-order valence-electron chi connectivity index (χ0n) is 19.9. The van der Waals surface area contributed by atoms with Crippen LogP contribution in [0.25, 0.3) is 0 Å². The van der Waals surface area contributed by atoms with Gasteiger partial charge in [-0.2, -0.15) is 0 Å². The minimum atomic E-state index is -1.48. The number of rotatable bonds is 8. The van der Waals surface area contributed by atoms with Crippen molar-refractivity contribution in [3.63, 3.8) is 0 Å². The van der Waals surface area contributed by atoms with Crippen LogP contribution in [0.15, 0.2) is 48.5 Å². The summed E-state index contributed by atoms with van der Waals surface area (Å²) in [6.07, 6.45) is 4.68. The molecular weight excluding hydrogens is 454 g/mol. The fourth-order valence-electron chi connectivity index (χ4n) is 3.03. The minimum absolute atomic E-state index is 0.0542. The highest BCUT2D eigenvalue weighted by Gasteiger charge is 2.35. The first-order valence-corrected chi connectivity index (χ1v) is 10.6. The quantitative estimate of drug-likeness (QED) is 0.334. The van der Waals surface area contributed by atoms with E-state index >= 15 is 0 Å². The van der Waals surface area contributed by atoms with Gasteiger partial charge in [-0.15, -0.1) is 0 Å². The van der Waals surface area contributed by atoms with Gasteiger partial charge in [0.25, 0.3) is 11.8 Å². The van der Waals surface area contributed by atoms with Crippen molar-refractivity contribution < 1.29 is 34.1 Å². The highest BCUT2D eigenvalue weighted by molar-refractivity contribution is 5.99. The van der Waals surface area contributed by atoms with Gasteiger partial charge in [-0.25, -0.2) is 4.79 Å². The molecule has 0 aromatic heterocycles. The smallest absolute Gasteiger partial charge is 0.408 e. The van der Waals surface area contributed by atoms with E-state index < -0.39 is 42.2 Å². The second-order valence-corrected chi connectivity index (χ2v) is 8.43. The Balaban J connectivity index is 2.37. The summed E-state index contributed by atoms with van der Waals surface area (Å²) in [5, 5.41) is 24.4. The van der Waals surface area contributed by atoms with Gasteiger partial charge in [-0.05, 0) is 62.7 Å². The van der Waals surface area contributed by atoms with Gasteiger partial charge >= 0.3 is 6.09 Å². The van der Waals surface area contributed by atoms with Crippen LogP contribution >= 0.6 is 0 Å². The first kappa shape index (κ1) is 27.0. The maximum atomic E-state index is 13.3. The fourth-order valence-corrected chi connectivity index (χ4v) is 3.03. The number of hydrogen-bond donors (Lipinski definition) is 4. The molecule has 0 spiro atoms. The van der Waals surface area contributed by atoms with Gasteiger partial charge in [0, 0.05) is 11.7 Å². The van der Waals surface area contributed by atoms with E-state index in [1.54, 1.807) is 45.0 Å². The number of terminal acetylenes is 1. The summed E-state index contributed by atoms with van der Waals surface area (Å²) in [5.74, 6) is -1.05. The number of nitrogens with zero attached hydrogens (tertiary/aromatic N) is 1. The molecule has 4 N–H and O–H groups in total. The van der Waals surface area contributed by atoms with E-state index in [0.29, 0.717) is 11.4 Å².